The van der Waals surface area contributed by atoms with E-state index in [-0.39, 0.29) is 6.61 Å². The molecule has 0 aliphatic rings. The molecule has 0 amide bonds. The molecule has 0 bridgehead atoms. The van der Waals surface area contributed by atoms with Gasteiger partial charge >= 0.3 is 12.3 Å². The number of nitrogen functional groups attached to an aromatic ring is 1. The normalized spacial score (nSPS) is 11.3. The average Bonchev–Trinajstić information content (AvgIpc) is 2.79. The highest BCUT2D eigenvalue weighted by molar-refractivity contribution is 5.73. The van der Waals surface area contributed by atoms with Crippen molar-refractivity contribution in [3.8, 4) is 0 Å². The molecule has 0 spiro atoms. The Hall–Kier alpha value is -2.51. The molecule has 20 heavy (non-hydrogen) atoms. The maximum atomic E-state index is 12.4. The van der Waals surface area contributed by atoms with Crippen LogP contribution in [0.15, 0.2) is 36.4 Å². The standard InChI is InChI=1S/C12H10F3N3O2/c13-12(14,15)9-6-10(16)18(17-9)11(19)20-7-8-4-2-1-3-5-8/h1-6H,7,16H2. The number of carbonyl (C=O) groups excluding carboxylic acids is 1. The van der Waals surface area contributed by atoms with E-state index in [4.69, 9.17) is 10.5 Å². The van der Waals surface area contributed by atoms with Crippen LogP contribution in [0.3, 0.4) is 0 Å². The smallest absolute Gasteiger partial charge is 0.436 e. The third kappa shape index (κ3) is 3.08. The first kappa shape index (κ1) is 13.9. The summed E-state index contributed by atoms with van der Waals surface area (Å²) in [7, 11) is 0. The lowest BCUT2D eigenvalue weighted by Crippen LogP contribution is -2.18. The molecule has 0 atom stereocenters. The number of nitrogens with zero attached hydrogens (tertiary/aromatic N) is 2. The second-order valence-electron chi connectivity index (χ2n) is 3.90. The third-order valence-electron chi connectivity index (χ3n) is 2.41. The number of rotatable bonds is 2. The lowest BCUT2D eigenvalue weighted by Gasteiger charge is -2.05. The highest BCUT2D eigenvalue weighted by Gasteiger charge is 2.35. The Bertz CT molecular complexity index is 608. The van der Waals surface area contributed by atoms with E-state index >= 15 is 0 Å². The van der Waals surface area contributed by atoms with Gasteiger partial charge in [0, 0.05) is 6.07 Å². The monoisotopic (exact) mass is 285 g/mol. The Labute approximate surface area is 111 Å². The van der Waals surface area contributed by atoms with Gasteiger partial charge in [-0.1, -0.05) is 30.3 Å². The number of carbonyl (C=O) groups is 1. The fourth-order valence-corrected chi connectivity index (χ4v) is 1.46. The molecule has 1 aromatic heterocycles. The van der Waals surface area contributed by atoms with Crippen molar-refractivity contribution < 1.29 is 22.7 Å². The summed E-state index contributed by atoms with van der Waals surface area (Å²) in [5, 5.41) is 3.09. The summed E-state index contributed by atoms with van der Waals surface area (Å²) in [6, 6.07) is 9.26. The zero-order valence-corrected chi connectivity index (χ0v) is 10.1. The second kappa shape index (κ2) is 5.24. The maximum absolute atomic E-state index is 12.4. The Morgan fingerprint density at radius 1 is 1.30 bits per heavy atom. The summed E-state index contributed by atoms with van der Waals surface area (Å²) in [4.78, 5) is 11.6. The van der Waals surface area contributed by atoms with E-state index in [1.165, 1.54) is 0 Å². The van der Waals surface area contributed by atoms with Crippen molar-refractivity contribution in [2.75, 3.05) is 5.73 Å². The van der Waals surface area contributed by atoms with Crippen LogP contribution < -0.4 is 5.73 Å². The number of benzene rings is 1. The minimum Gasteiger partial charge on any atom is -0.443 e. The molecule has 5 nitrogen and oxygen atoms in total. The van der Waals surface area contributed by atoms with Crippen LogP contribution >= 0.6 is 0 Å². The molecule has 1 heterocycles. The van der Waals surface area contributed by atoms with E-state index in [9.17, 15) is 18.0 Å². The van der Waals surface area contributed by atoms with Crippen LogP contribution in [0, 0.1) is 0 Å². The zero-order valence-electron chi connectivity index (χ0n) is 10.1. The molecule has 2 N–H and O–H groups in total. The molecular formula is C12H10F3N3O2. The van der Waals surface area contributed by atoms with Gasteiger partial charge in [-0.2, -0.15) is 18.3 Å². The quantitative estimate of drug-likeness (QED) is 0.921. The minimum absolute atomic E-state index is 0.0830. The number of hydrogen-bond donors (Lipinski definition) is 1. The molecule has 2 rings (SSSR count). The SMILES string of the molecule is Nc1cc(C(F)(F)F)nn1C(=O)OCc1ccccc1. The van der Waals surface area contributed by atoms with E-state index in [2.05, 4.69) is 5.10 Å². The molecule has 0 unspecified atom stereocenters. The molecule has 2 aromatic rings. The predicted molar refractivity (Wildman–Crippen MR) is 63.7 cm³/mol. The summed E-state index contributed by atoms with van der Waals surface area (Å²) >= 11 is 0. The molecular weight excluding hydrogens is 275 g/mol. The van der Waals surface area contributed by atoms with Gasteiger partial charge in [-0.3, -0.25) is 0 Å². The number of alkyl halides is 3. The molecule has 0 aliphatic heterocycles. The number of ether oxygens (including phenoxy) is 1. The lowest BCUT2D eigenvalue weighted by atomic mass is 10.2. The summed E-state index contributed by atoms with van der Waals surface area (Å²) in [5.41, 5.74) is 4.76. The molecule has 8 heteroatoms. The number of nitrogens with two attached hydrogens (primary N) is 1. The average molecular weight is 285 g/mol. The van der Waals surface area contributed by atoms with Gasteiger partial charge in [0.15, 0.2) is 5.69 Å². The van der Waals surface area contributed by atoms with Gasteiger partial charge in [0.25, 0.3) is 0 Å². The van der Waals surface area contributed by atoms with E-state index in [0.717, 1.165) is 0 Å². The van der Waals surface area contributed by atoms with Crippen LogP contribution in [0.5, 0.6) is 0 Å². The summed E-state index contributed by atoms with van der Waals surface area (Å²) in [6.07, 6.45) is -5.74. The second-order valence-corrected chi connectivity index (χ2v) is 3.90. The molecule has 0 radical (unpaired) electrons. The van der Waals surface area contributed by atoms with Gasteiger partial charge in [0.05, 0.1) is 0 Å². The van der Waals surface area contributed by atoms with Gasteiger partial charge in [-0.25, -0.2) is 4.79 Å². The van der Waals surface area contributed by atoms with Gasteiger partial charge in [-0.05, 0) is 5.56 Å². The largest absolute Gasteiger partial charge is 0.443 e. The number of hydrogen-bond acceptors (Lipinski definition) is 4. The first-order valence-corrected chi connectivity index (χ1v) is 5.51. The van der Waals surface area contributed by atoms with Crippen LogP contribution in [0.25, 0.3) is 0 Å². The Morgan fingerprint density at radius 2 is 1.95 bits per heavy atom. The van der Waals surface area contributed by atoms with Crippen molar-refractivity contribution in [1.82, 2.24) is 9.78 Å². The molecule has 0 saturated carbocycles. The van der Waals surface area contributed by atoms with Crippen LogP contribution in [0.1, 0.15) is 11.3 Å². The topological polar surface area (TPSA) is 70.1 Å². The highest BCUT2D eigenvalue weighted by Crippen LogP contribution is 2.29. The van der Waals surface area contributed by atoms with Gasteiger partial charge in [0.1, 0.15) is 12.4 Å². The lowest BCUT2D eigenvalue weighted by molar-refractivity contribution is -0.141. The first-order chi connectivity index (χ1) is 9.38. The van der Waals surface area contributed by atoms with Gasteiger partial charge in [-0.15, -0.1) is 4.68 Å². The first-order valence-electron chi connectivity index (χ1n) is 5.51. The van der Waals surface area contributed by atoms with Crippen LogP contribution in [0.4, 0.5) is 23.8 Å². The Balaban J connectivity index is 2.08. The number of anilines is 1. The number of halogens is 3. The minimum atomic E-state index is -4.67. The Morgan fingerprint density at radius 3 is 2.50 bits per heavy atom. The van der Waals surface area contributed by atoms with E-state index in [1.807, 2.05) is 0 Å². The van der Waals surface area contributed by atoms with Crippen molar-refractivity contribution >= 4 is 11.9 Å². The van der Waals surface area contributed by atoms with Crippen molar-refractivity contribution in [2.45, 2.75) is 12.8 Å². The molecule has 106 valence electrons. The summed E-state index contributed by atoms with van der Waals surface area (Å²) in [6.45, 7) is -0.0830. The third-order valence-corrected chi connectivity index (χ3v) is 2.41. The molecule has 0 fully saturated rings. The van der Waals surface area contributed by atoms with Gasteiger partial charge < -0.3 is 10.5 Å². The van der Waals surface area contributed by atoms with Crippen LogP contribution in [-0.4, -0.2) is 15.9 Å². The van der Waals surface area contributed by atoms with Crippen molar-refractivity contribution in [1.29, 1.82) is 0 Å². The van der Waals surface area contributed by atoms with Crippen LogP contribution in [0.2, 0.25) is 0 Å². The predicted octanol–water partition coefficient (Wildman–Crippen LogP) is 2.67. The number of aromatic nitrogens is 2. The van der Waals surface area contributed by atoms with Crippen molar-refractivity contribution in [3.05, 3.63) is 47.7 Å². The van der Waals surface area contributed by atoms with E-state index in [0.29, 0.717) is 16.3 Å². The molecule has 0 aliphatic carbocycles. The van der Waals surface area contributed by atoms with E-state index in [1.54, 1.807) is 30.3 Å². The summed E-state index contributed by atoms with van der Waals surface area (Å²) in [5.74, 6) is -0.435. The zero-order chi connectivity index (χ0) is 14.8. The fourth-order valence-electron chi connectivity index (χ4n) is 1.46. The molecule has 0 saturated heterocycles. The van der Waals surface area contributed by atoms with Gasteiger partial charge in [0.2, 0.25) is 0 Å². The van der Waals surface area contributed by atoms with Crippen molar-refractivity contribution in [2.24, 2.45) is 0 Å². The summed E-state index contributed by atoms with van der Waals surface area (Å²) < 4.78 is 42.5. The van der Waals surface area contributed by atoms with Crippen LogP contribution in [-0.2, 0) is 17.5 Å². The van der Waals surface area contributed by atoms with E-state index < -0.39 is 23.8 Å². The van der Waals surface area contributed by atoms with Crippen molar-refractivity contribution in [3.63, 3.8) is 0 Å². The Kier molecular flexibility index (Phi) is 3.64. The highest BCUT2D eigenvalue weighted by atomic mass is 19.4. The maximum Gasteiger partial charge on any atom is 0.436 e. The fraction of sp³-hybridized carbons (Fsp3) is 0.167. The molecule has 1 aromatic carbocycles.